The Labute approximate surface area is 161 Å². The lowest BCUT2D eigenvalue weighted by Gasteiger charge is -2.34. The third-order valence-electron chi connectivity index (χ3n) is 5.03. The van der Waals surface area contributed by atoms with E-state index in [2.05, 4.69) is 4.90 Å². The van der Waals surface area contributed by atoms with Crippen LogP contribution in [0.1, 0.15) is 37.0 Å². The van der Waals surface area contributed by atoms with Crippen molar-refractivity contribution in [2.45, 2.75) is 32.4 Å². The van der Waals surface area contributed by atoms with Gasteiger partial charge in [0.25, 0.3) is 0 Å². The fourth-order valence-corrected chi connectivity index (χ4v) is 3.55. The molecule has 4 heteroatoms. The van der Waals surface area contributed by atoms with Crippen molar-refractivity contribution in [2.24, 2.45) is 5.92 Å². The Kier molecular flexibility index (Phi) is 6.27. The number of benzene rings is 2. The van der Waals surface area contributed by atoms with Gasteiger partial charge in [0.15, 0.2) is 0 Å². The van der Waals surface area contributed by atoms with Crippen LogP contribution >= 0.6 is 0 Å². The van der Waals surface area contributed by atoms with Gasteiger partial charge in [-0.15, -0.1) is 0 Å². The third kappa shape index (κ3) is 5.90. The third-order valence-corrected chi connectivity index (χ3v) is 5.03. The number of nitrogens with zero attached hydrogens (tertiary/aromatic N) is 1. The summed E-state index contributed by atoms with van der Waals surface area (Å²) in [6, 6.07) is 15.6. The summed E-state index contributed by atoms with van der Waals surface area (Å²) in [5.41, 5.74) is 1.73. The van der Waals surface area contributed by atoms with E-state index in [9.17, 15) is 9.18 Å². The summed E-state index contributed by atoms with van der Waals surface area (Å²) in [5, 5.41) is 0. The van der Waals surface area contributed by atoms with Crippen LogP contribution in [0.3, 0.4) is 0 Å². The van der Waals surface area contributed by atoms with Gasteiger partial charge in [-0.05, 0) is 69.0 Å². The first-order valence-corrected chi connectivity index (χ1v) is 9.63. The van der Waals surface area contributed by atoms with Crippen LogP contribution in [0.4, 0.5) is 4.39 Å². The van der Waals surface area contributed by atoms with Gasteiger partial charge in [-0.3, -0.25) is 4.79 Å². The van der Waals surface area contributed by atoms with E-state index in [1.807, 2.05) is 48.5 Å². The molecule has 3 nitrogen and oxygen atoms in total. The lowest BCUT2D eigenvalue weighted by Crippen LogP contribution is -2.41. The molecule has 0 spiro atoms. The minimum absolute atomic E-state index is 0.510. The Hall–Kier alpha value is -2.20. The highest BCUT2D eigenvalue weighted by Crippen LogP contribution is 2.25. The molecule has 1 saturated heterocycles. The molecular formula is C23H28FNO2. The molecule has 1 aliphatic heterocycles. The first-order chi connectivity index (χ1) is 12.9. The van der Waals surface area contributed by atoms with Gasteiger partial charge in [0.2, 0.25) is 0 Å². The minimum Gasteiger partial charge on any atom is -0.493 e. The Morgan fingerprint density at radius 1 is 1.04 bits per heavy atom. The molecule has 1 aliphatic rings. The average molecular weight is 369 g/mol. The normalized spacial score (nSPS) is 16.3. The van der Waals surface area contributed by atoms with E-state index in [0.29, 0.717) is 24.6 Å². The van der Waals surface area contributed by atoms with Crippen molar-refractivity contribution in [3.8, 4) is 16.9 Å². The largest absolute Gasteiger partial charge is 0.493 e. The fourth-order valence-electron chi connectivity index (χ4n) is 3.55. The predicted molar refractivity (Wildman–Crippen MR) is 107 cm³/mol. The van der Waals surface area contributed by atoms with Crippen molar-refractivity contribution < 1.29 is 13.9 Å². The SMILES string of the molecule is CC(C)(F)CN1CCC(COc2ccc(-c3ccc(C=O)cc3)cc2)CC1. The molecule has 2 aromatic carbocycles. The van der Waals surface area contributed by atoms with E-state index in [-0.39, 0.29) is 0 Å². The molecule has 27 heavy (non-hydrogen) atoms. The standard InChI is InChI=1S/C23H28FNO2/c1-23(2,24)17-25-13-11-19(12-14-25)16-27-22-9-7-21(8-10-22)20-5-3-18(15-26)4-6-20/h3-10,15,19H,11-14,16-17H2,1-2H3. The summed E-state index contributed by atoms with van der Waals surface area (Å²) >= 11 is 0. The van der Waals surface area contributed by atoms with Crippen LogP contribution in [0.5, 0.6) is 5.75 Å². The first-order valence-electron chi connectivity index (χ1n) is 9.63. The van der Waals surface area contributed by atoms with Gasteiger partial charge in [-0.2, -0.15) is 0 Å². The Balaban J connectivity index is 1.47. The van der Waals surface area contributed by atoms with Gasteiger partial charge < -0.3 is 9.64 Å². The molecule has 144 valence electrons. The molecular weight excluding hydrogens is 341 g/mol. The van der Waals surface area contributed by atoms with Crippen molar-refractivity contribution in [1.82, 2.24) is 4.90 Å². The first kappa shape index (κ1) is 19.6. The number of piperidine rings is 1. The van der Waals surface area contributed by atoms with E-state index in [4.69, 9.17) is 4.74 Å². The molecule has 0 atom stereocenters. The van der Waals surface area contributed by atoms with Crippen LogP contribution in [-0.2, 0) is 0 Å². The molecule has 1 fully saturated rings. The van der Waals surface area contributed by atoms with Gasteiger partial charge in [0.05, 0.1) is 6.61 Å². The molecule has 0 aliphatic carbocycles. The lowest BCUT2D eigenvalue weighted by molar-refractivity contribution is 0.0836. The molecule has 0 saturated carbocycles. The number of ether oxygens (including phenoxy) is 1. The van der Waals surface area contributed by atoms with Crippen molar-refractivity contribution >= 4 is 6.29 Å². The van der Waals surface area contributed by atoms with Crippen molar-refractivity contribution in [2.75, 3.05) is 26.2 Å². The Morgan fingerprint density at radius 3 is 2.11 bits per heavy atom. The summed E-state index contributed by atoms with van der Waals surface area (Å²) in [6.07, 6.45) is 2.96. The van der Waals surface area contributed by atoms with Gasteiger partial charge >= 0.3 is 0 Å². The van der Waals surface area contributed by atoms with Gasteiger partial charge in [-0.25, -0.2) is 4.39 Å². The smallest absolute Gasteiger partial charge is 0.150 e. The number of likely N-dealkylation sites (tertiary alicyclic amines) is 1. The number of carbonyl (C=O) groups is 1. The van der Waals surface area contributed by atoms with Crippen LogP contribution in [0, 0.1) is 5.92 Å². The van der Waals surface area contributed by atoms with E-state index in [1.165, 1.54) is 0 Å². The predicted octanol–water partition coefficient (Wildman–Crippen LogP) is 5.01. The molecule has 2 aromatic rings. The van der Waals surface area contributed by atoms with Crippen LogP contribution in [0.2, 0.25) is 0 Å². The number of aldehydes is 1. The number of alkyl halides is 1. The summed E-state index contributed by atoms with van der Waals surface area (Å²) in [6.45, 7) is 6.38. The molecule has 0 unspecified atom stereocenters. The molecule has 0 aromatic heterocycles. The van der Waals surface area contributed by atoms with Crippen LogP contribution in [0.15, 0.2) is 48.5 Å². The van der Waals surface area contributed by atoms with Crippen LogP contribution in [-0.4, -0.2) is 43.1 Å². The molecule has 0 N–H and O–H groups in total. The number of hydrogen-bond donors (Lipinski definition) is 0. The maximum absolute atomic E-state index is 13.8. The van der Waals surface area contributed by atoms with Crippen LogP contribution < -0.4 is 4.74 Å². The second-order valence-electron chi connectivity index (χ2n) is 8.01. The fraction of sp³-hybridized carbons (Fsp3) is 0.435. The minimum atomic E-state index is -1.13. The topological polar surface area (TPSA) is 29.5 Å². The highest BCUT2D eigenvalue weighted by molar-refractivity contribution is 5.76. The number of rotatable bonds is 7. The zero-order valence-electron chi connectivity index (χ0n) is 16.2. The zero-order valence-corrected chi connectivity index (χ0v) is 16.2. The van der Waals surface area contributed by atoms with Crippen molar-refractivity contribution in [3.63, 3.8) is 0 Å². The summed E-state index contributed by atoms with van der Waals surface area (Å²) in [5.74, 6) is 1.40. The van der Waals surface area contributed by atoms with E-state index in [1.54, 1.807) is 13.8 Å². The highest BCUT2D eigenvalue weighted by Gasteiger charge is 2.25. The summed E-state index contributed by atoms with van der Waals surface area (Å²) < 4.78 is 19.7. The average Bonchev–Trinajstić information content (AvgIpc) is 2.67. The van der Waals surface area contributed by atoms with E-state index >= 15 is 0 Å². The number of hydrogen-bond acceptors (Lipinski definition) is 3. The van der Waals surface area contributed by atoms with Crippen molar-refractivity contribution in [3.05, 3.63) is 54.1 Å². The van der Waals surface area contributed by atoms with E-state index < -0.39 is 5.67 Å². The van der Waals surface area contributed by atoms with Crippen molar-refractivity contribution in [1.29, 1.82) is 0 Å². The van der Waals surface area contributed by atoms with Gasteiger partial charge in [0.1, 0.15) is 17.7 Å². The van der Waals surface area contributed by atoms with E-state index in [0.717, 1.165) is 49.1 Å². The quantitative estimate of drug-likeness (QED) is 0.643. The second kappa shape index (κ2) is 8.66. The van der Waals surface area contributed by atoms with Gasteiger partial charge in [0, 0.05) is 12.1 Å². The number of halogens is 1. The monoisotopic (exact) mass is 369 g/mol. The Morgan fingerprint density at radius 2 is 1.59 bits per heavy atom. The molecule has 0 amide bonds. The van der Waals surface area contributed by atoms with Gasteiger partial charge in [-0.1, -0.05) is 36.4 Å². The lowest BCUT2D eigenvalue weighted by atomic mass is 9.97. The summed E-state index contributed by atoms with van der Waals surface area (Å²) in [4.78, 5) is 13.0. The highest BCUT2D eigenvalue weighted by atomic mass is 19.1. The number of carbonyl (C=O) groups excluding carboxylic acids is 1. The maximum Gasteiger partial charge on any atom is 0.150 e. The Bertz CT molecular complexity index is 726. The second-order valence-corrected chi connectivity index (χ2v) is 8.01. The molecule has 1 heterocycles. The van der Waals surface area contributed by atoms with Crippen LogP contribution in [0.25, 0.3) is 11.1 Å². The molecule has 0 radical (unpaired) electrons. The summed E-state index contributed by atoms with van der Waals surface area (Å²) in [7, 11) is 0. The molecule has 0 bridgehead atoms. The zero-order chi connectivity index (χ0) is 19.3. The maximum atomic E-state index is 13.8. The molecule has 3 rings (SSSR count).